The number of hydrogen-bond acceptors (Lipinski definition) is 4. The van der Waals surface area contributed by atoms with Crippen molar-refractivity contribution in [1.29, 1.82) is 5.26 Å². The van der Waals surface area contributed by atoms with E-state index in [4.69, 9.17) is 11.0 Å². The first-order valence-corrected chi connectivity index (χ1v) is 6.75. The van der Waals surface area contributed by atoms with Gasteiger partial charge >= 0.3 is 0 Å². The molecule has 0 fully saturated rings. The average Bonchev–Trinajstić information content (AvgIpc) is 2.36. The van der Waals surface area contributed by atoms with Gasteiger partial charge in [-0.2, -0.15) is 5.26 Å². The molecule has 0 heterocycles. The molecule has 6 heteroatoms. The molecule has 1 aromatic rings. The average molecular weight is 263 g/mol. The molecular weight excluding hydrogens is 250 g/mol. The fourth-order valence-electron chi connectivity index (χ4n) is 1.14. The lowest BCUT2D eigenvalue weighted by Gasteiger charge is -2.10. The molecule has 0 aromatic heterocycles. The fourth-order valence-corrected chi connectivity index (χ4v) is 1.94. The molecule has 0 aliphatic carbocycles. The third kappa shape index (κ3) is 3.49. The highest BCUT2D eigenvalue weighted by Gasteiger charge is 2.20. The van der Waals surface area contributed by atoms with E-state index in [9.17, 15) is 8.42 Å². The molecule has 0 amide bonds. The van der Waals surface area contributed by atoms with Gasteiger partial charge in [-0.3, -0.25) is 4.72 Å². The standard InChI is InChI=1S/C12H13N3O2S/c1-10(9-14)18(16,17)15-12-7-3-2-5-11(12)6-4-8-13/h2-3,5,7,10,15H,8,13H2,1H3. The Morgan fingerprint density at radius 3 is 2.72 bits per heavy atom. The van der Waals surface area contributed by atoms with Crippen LogP contribution in [0.15, 0.2) is 24.3 Å². The quantitative estimate of drug-likeness (QED) is 0.783. The Morgan fingerprint density at radius 1 is 1.44 bits per heavy atom. The van der Waals surface area contributed by atoms with E-state index in [1.165, 1.54) is 6.92 Å². The van der Waals surface area contributed by atoms with Crippen molar-refractivity contribution in [2.24, 2.45) is 5.73 Å². The topological polar surface area (TPSA) is 96.0 Å². The van der Waals surface area contributed by atoms with Crippen molar-refractivity contribution in [3.05, 3.63) is 29.8 Å². The van der Waals surface area contributed by atoms with Crippen LogP contribution in [0, 0.1) is 23.2 Å². The zero-order valence-corrected chi connectivity index (χ0v) is 10.7. The van der Waals surface area contributed by atoms with Crippen LogP contribution in [0.2, 0.25) is 0 Å². The van der Waals surface area contributed by atoms with Gasteiger partial charge in [-0.25, -0.2) is 8.42 Å². The summed E-state index contributed by atoms with van der Waals surface area (Å²) >= 11 is 0. The highest BCUT2D eigenvalue weighted by molar-refractivity contribution is 7.93. The number of hydrogen-bond donors (Lipinski definition) is 2. The van der Waals surface area contributed by atoms with Crippen LogP contribution in [0.25, 0.3) is 0 Å². The predicted molar refractivity (Wildman–Crippen MR) is 70.0 cm³/mol. The number of nitrogens with two attached hydrogens (primary N) is 1. The number of benzene rings is 1. The molecule has 0 bridgehead atoms. The molecule has 94 valence electrons. The molecule has 1 aromatic carbocycles. The Morgan fingerprint density at radius 2 is 2.11 bits per heavy atom. The van der Waals surface area contributed by atoms with Crippen LogP contribution in [0.4, 0.5) is 5.69 Å². The number of nitriles is 1. The van der Waals surface area contributed by atoms with Crippen LogP contribution in [0.1, 0.15) is 12.5 Å². The maximum Gasteiger partial charge on any atom is 0.248 e. The first-order valence-electron chi connectivity index (χ1n) is 5.20. The summed E-state index contributed by atoms with van der Waals surface area (Å²) in [5.74, 6) is 5.42. The second kappa shape index (κ2) is 6.06. The summed E-state index contributed by atoms with van der Waals surface area (Å²) in [5, 5.41) is 7.51. The normalized spacial score (nSPS) is 11.8. The summed E-state index contributed by atoms with van der Waals surface area (Å²) in [5.41, 5.74) is 6.14. The van der Waals surface area contributed by atoms with Crippen LogP contribution in [0.3, 0.4) is 0 Å². The maximum atomic E-state index is 11.8. The first-order chi connectivity index (χ1) is 8.51. The van der Waals surface area contributed by atoms with Crippen LogP contribution in [0.5, 0.6) is 0 Å². The van der Waals surface area contributed by atoms with Crippen molar-refractivity contribution < 1.29 is 8.42 Å². The van der Waals surface area contributed by atoms with Crippen molar-refractivity contribution >= 4 is 15.7 Å². The Balaban J connectivity index is 3.10. The van der Waals surface area contributed by atoms with E-state index in [2.05, 4.69) is 16.6 Å². The van der Waals surface area contributed by atoms with E-state index < -0.39 is 15.3 Å². The number of sulfonamides is 1. The van der Waals surface area contributed by atoms with E-state index in [1.54, 1.807) is 30.3 Å². The second-order valence-corrected chi connectivity index (χ2v) is 5.47. The van der Waals surface area contributed by atoms with Crippen molar-refractivity contribution in [3.63, 3.8) is 0 Å². The molecule has 5 nitrogen and oxygen atoms in total. The summed E-state index contributed by atoms with van der Waals surface area (Å²) in [6.07, 6.45) is 0. The van der Waals surface area contributed by atoms with Gasteiger partial charge < -0.3 is 5.73 Å². The molecule has 0 radical (unpaired) electrons. The zero-order valence-electron chi connectivity index (χ0n) is 9.84. The Kier molecular flexibility index (Phi) is 4.73. The number of para-hydroxylation sites is 1. The number of nitrogens with zero attached hydrogens (tertiary/aromatic N) is 1. The van der Waals surface area contributed by atoms with Gasteiger partial charge in [0.25, 0.3) is 0 Å². The molecule has 0 saturated heterocycles. The molecule has 18 heavy (non-hydrogen) atoms. The van der Waals surface area contributed by atoms with Crippen molar-refractivity contribution in [2.45, 2.75) is 12.2 Å². The van der Waals surface area contributed by atoms with Gasteiger partial charge in [0.2, 0.25) is 10.0 Å². The lowest BCUT2D eigenvalue weighted by atomic mass is 10.2. The number of anilines is 1. The Labute approximate surface area is 107 Å². The summed E-state index contributed by atoms with van der Waals surface area (Å²) in [6, 6.07) is 8.37. The SMILES string of the molecule is CC(C#N)S(=O)(=O)Nc1ccccc1C#CCN. The van der Waals surface area contributed by atoms with Gasteiger partial charge in [-0.1, -0.05) is 24.0 Å². The van der Waals surface area contributed by atoms with Crippen molar-refractivity contribution in [2.75, 3.05) is 11.3 Å². The molecule has 0 saturated carbocycles. The van der Waals surface area contributed by atoms with E-state index in [0.717, 1.165) is 0 Å². The fraction of sp³-hybridized carbons (Fsp3) is 0.250. The number of rotatable bonds is 3. The Hall–Kier alpha value is -2.02. The first kappa shape index (κ1) is 14.0. The molecule has 1 atom stereocenters. The maximum absolute atomic E-state index is 11.8. The zero-order chi connectivity index (χ0) is 13.6. The van der Waals surface area contributed by atoms with Crippen LogP contribution >= 0.6 is 0 Å². The van der Waals surface area contributed by atoms with Gasteiger partial charge in [0.15, 0.2) is 5.25 Å². The monoisotopic (exact) mass is 263 g/mol. The molecule has 1 unspecified atom stereocenters. The van der Waals surface area contributed by atoms with E-state index in [-0.39, 0.29) is 6.54 Å². The molecule has 3 N–H and O–H groups in total. The van der Waals surface area contributed by atoms with E-state index in [1.807, 2.05) is 0 Å². The smallest absolute Gasteiger partial charge is 0.248 e. The minimum Gasteiger partial charge on any atom is -0.320 e. The highest BCUT2D eigenvalue weighted by atomic mass is 32.2. The van der Waals surface area contributed by atoms with Crippen LogP contribution in [-0.2, 0) is 10.0 Å². The highest BCUT2D eigenvalue weighted by Crippen LogP contribution is 2.16. The third-order valence-electron chi connectivity index (χ3n) is 2.15. The van der Waals surface area contributed by atoms with E-state index >= 15 is 0 Å². The minimum atomic E-state index is -3.72. The summed E-state index contributed by atoms with van der Waals surface area (Å²) in [7, 11) is -3.72. The lowest BCUT2D eigenvalue weighted by Crippen LogP contribution is -2.24. The van der Waals surface area contributed by atoms with Crippen LogP contribution < -0.4 is 10.5 Å². The summed E-state index contributed by atoms with van der Waals surface area (Å²) in [6.45, 7) is 1.51. The van der Waals surface area contributed by atoms with Crippen molar-refractivity contribution in [1.82, 2.24) is 0 Å². The summed E-state index contributed by atoms with van der Waals surface area (Å²) in [4.78, 5) is 0. The van der Waals surface area contributed by atoms with Crippen molar-refractivity contribution in [3.8, 4) is 17.9 Å². The largest absolute Gasteiger partial charge is 0.320 e. The predicted octanol–water partition coefficient (Wildman–Crippen LogP) is 0.651. The third-order valence-corrected chi connectivity index (χ3v) is 3.69. The number of nitrogens with one attached hydrogen (secondary N) is 1. The minimum absolute atomic E-state index is 0.190. The van der Waals surface area contributed by atoms with Crippen LogP contribution in [-0.4, -0.2) is 20.2 Å². The molecule has 0 spiro atoms. The van der Waals surface area contributed by atoms with Gasteiger partial charge in [0, 0.05) is 5.56 Å². The van der Waals surface area contributed by atoms with Gasteiger partial charge in [0.05, 0.1) is 18.3 Å². The van der Waals surface area contributed by atoms with E-state index in [0.29, 0.717) is 11.3 Å². The molecular formula is C12H13N3O2S. The van der Waals surface area contributed by atoms with Gasteiger partial charge in [-0.05, 0) is 19.1 Å². The Bertz CT molecular complexity index is 621. The molecule has 0 aliphatic heterocycles. The summed E-state index contributed by atoms with van der Waals surface area (Å²) < 4.78 is 25.9. The molecule has 0 aliphatic rings. The lowest BCUT2D eigenvalue weighted by molar-refractivity contribution is 0.597. The molecule has 1 rings (SSSR count). The van der Waals surface area contributed by atoms with Gasteiger partial charge in [-0.15, -0.1) is 0 Å². The second-order valence-electron chi connectivity index (χ2n) is 3.47. The van der Waals surface area contributed by atoms with Gasteiger partial charge in [0.1, 0.15) is 0 Å².